The zero-order valence-electron chi connectivity index (χ0n) is 10.7. The van der Waals surface area contributed by atoms with Crippen LogP contribution >= 0.6 is 0 Å². The number of carbonyl (C=O) groups excluding carboxylic acids is 1. The van der Waals surface area contributed by atoms with E-state index in [1.165, 1.54) is 0 Å². The average Bonchev–Trinajstić information content (AvgIpc) is 2.00. The Kier molecular flexibility index (Phi) is 9.49. The van der Waals surface area contributed by atoms with E-state index in [0.717, 1.165) is 13.5 Å². The predicted octanol–water partition coefficient (Wildman–Crippen LogP) is 0.720. The second kappa shape index (κ2) is 8.91. The molecule has 5 heteroatoms. The van der Waals surface area contributed by atoms with E-state index < -0.39 is 5.97 Å². The van der Waals surface area contributed by atoms with E-state index in [1.807, 2.05) is 25.9 Å². The van der Waals surface area contributed by atoms with Gasteiger partial charge in [-0.1, -0.05) is 6.58 Å². The van der Waals surface area contributed by atoms with Gasteiger partial charge in [0.2, 0.25) is 5.91 Å². The first-order valence-corrected chi connectivity index (χ1v) is 4.97. The molecule has 1 atom stereocenters. The van der Waals surface area contributed by atoms with E-state index in [2.05, 4.69) is 11.9 Å². The number of amides is 1. The summed E-state index contributed by atoms with van der Waals surface area (Å²) in [4.78, 5) is 22.1. The van der Waals surface area contributed by atoms with E-state index >= 15 is 0 Å². The Hall–Kier alpha value is -1.36. The van der Waals surface area contributed by atoms with Gasteiger partial charge in [-0.3, -0.25) is 9.59 Å². The van der Waals surface area contributed by atoms with E-state index in [1.54, 1.807) is 6.92 Å². The van der Waals surface area contributed by atoms with E-state index in [4.69, 9.17) is 9.90 Å². The SMILES string of the molecule is C=C(C)C(=O)NC(C)CN(C)C.CC(=O)O. The fourth-order valence-electron chi connectivity index (χ4n) is 0.940. The summed E-state index contributed by atoms with van der Waals surface area (Å²) in [6, 6.07) is 0.171. The molecule has 0 aromatic carbocycles. The molecular weight excluding hydrogens is 208 g/mol. The van der Waals surface area contributed by atoms with Crippen LogP contribution in [0, 0.1) is 0 Å². The van der Waals surface area contributed by atoms with Crippen molar-refractivity contribution >= 4 is 11.9 Å². The van der Waals surface area contributed by atoms with Gasteiger partial charge in [-0.2, -0.15) is 0 Å². The number of carbonyl (C=O) groups is 2. The zero-order chi connectivity index (χ0) is 13.3. The summed E-state index contributed by atoms with van der Waals surface area (Å²) in [7, 11) is 3.95. The number of nitrogens with one attached hydrogen (secondary N) is 1. The molecule has 0 rings (SSSR count). The van der Waals surface area contributed by atoms with Gasteiger partial charge in [0, 0.05) is 25.1 Å². The number of hydrogen-bond donors (Lipinski definition) is 2. The second-order valence-corrected chi connectivity index (χ2v) is 3.94. The molecule has 0 spiro atoms. The number of nitrogens with zero attached hydrogens (tertiary/aromatic N) is 1. The zero-order valence-corrected chi connectivity index (χ0v) is 10.7. The fraction of sp³-hybridized carbons (Fsp3) is 0.636. The molecular formula is C11H22N2O3. The molecule has 0 aromatic rings. The summed E-state index contributed by atoms with van der Waals surface area (Å²) in [5, 5.41) is 10.2. The molecule has 0 aliphatic rings. The van der Waals surface area contributed by atoms with Gasteiger partial charge in [0.1, 0.15) is 0 Å². The number of likely N-dealkylation sites (N-methyl/N-ethyl adjacent to an activating group) is 1. The normalized spacial score (nSPS) is 11.1. The highest BCUT2D eigenvalue weighted by atomic mass is 16.4. The van der Waals surface area contributed by atoms with E-state index in [0.29, 0.717) is 5.57 Å². The van der Waals surface area contributed by atoms with Gasteiger partial charge in [0.15, 0.2) is 0 Å². The molecule has 2 N–H and O–H groups in total. The van der Waals surface area contributed by atoms with Crippen LogP contribution < -0.4 is 5.32 Å². The third-order valence-corrected chi connectivity index (χ3v) is 1.40. The minimum Gasteiger partial charge on any atom is -0.481 e. The van der Waals surface area contributed by atoms with Gasteiger partial charge in [0.25, 0.3) is 5.97 Å². The summed E-state index contributed by atoms with van der Waals surface area (Å²) >= 11 is 0. The van der Waals surface area contributed by atoms with Crippen molar-refractivity contribution < 1.29 is 14.7 Å². The molecule has 1 amide bonds. The van der Waals surface area contributed by atoms with Gasteiger partial charge in [-0.05, 0) is 27.9 Å². The van der Waals surface area contributed by atoms with Crippen molar-refractivity contribution in [3.63, 3.8) is 0 Å². The topological polar surface area (TPSA) is 69.6 Å². The molecule has 94 valence electrons. The molecule has 0 radical (unpaired) electrons. The van der Waals surface area contributed by atoms with Crippen LogP contribution in [0.15, 0.2) is 12.2 Å². The van der Waals surface area contributed by atoms with Crippen molar-refractivity contribution in [1.82, 2.24) is 10.2 Å². The van der Waals surface area contributed by atoms with Crippen LogP contribution in [0.2, 0.25) is 0 Å². The highest BCUT2D eigenvalue weighted by Gasteiger charge is 2.07. The molecule has 0 aliphatic heterocycles. The lowest BCUT2D eigenvalue weighted by molar-refractivity contribution is -0.134. The number of carboxylic acids is 1. The number of hydrogen-bond acceptors (Lipinski definition) is 3. The molecule has 0 saturated carbocycles. The number of rotatable bonds is 4. The quantitative estimate of drug-likeness (QED) is 0.698. The first-order chi connectivity index (χ1) is 7.16. The Balaban J connectivity index is 0. The summed E-state index contributed by atoms with van der Waals surface area (Å²) in [5.41, 5.74) is 0.556. The van der Waals surface area contributed by atoms with Crippen molar-refractivity contribution in [1.29, 1.82) is 0 Å². The van der Waals surface area contributed by atoms with Crippen LogP contribution in [-0.4, -0.2) is 48.6 Å². The molecule has 0 bridgehead atoms. The third-order valence-electron chi connectivity index (χ3n) is 1.40. The molecule has 0 saturated heterocycles. The largest absolute Gasteiger partial charge is 0.481 e. The highest BCUT2D eigenvalue weighted by molar-refractivity contribution is 5.92. The van der Waals surface area contributed by atoms with Crippen molar-refractivity contribution in [2.45, 2.75) is 26.8 Å². The van der Waals surface area contributed by atoms with Crippen LogP contribution in [0.3, 0.4) is 0 Å². The first-order valence-electron chi connectivity index (χ1n) is 4.97. The van der Waals surface area contributed by atoms with Crippen LogP contribution in [0.4, 0.5) is 0 Å². The molecule has 5 nitrogen and oxygen atoms in total. The van der Waals surface area contributed by atoms with Crippen molar-refractivity contribution in [3.8, 4) is 0 Å². The summed E-state index contributed by atoms with van der Waals surface area (Å²) in [5.74, 6) is -0.899. The Morgan fingerprint density at radius 3 is 2.00 bits per heavy atom. The maximum atomic E-state index is 11.1. The summed E-state index contributed by atoms with van der Waals surface area (Å²) < 4.78 is 0. The van der Waals surface area contributed by atoms with Crippen LogP contribution in [0.1, 0.15) is 20.8 Å². The summed E-state index contributed by atoms with van der Waals surface area (Å²) in [6.45, 7) is 9.17. The lowest BCUT2D eigenvalue weighted by Gasteiger charge is -2.18. The Bertz CT molecular complexity index is 246. The van der Waals surface area contributed by atoms with Gasteiger partial charge >= 0.3 is 0 Å². The van der Waals surface area contributed by atoms with Gasteiger partial charge in [-0.25, -0.2) is 0 Å². The van der Waals surface area contributed by atoms with Crippen LogP contribution in [0.25, 0.3) is 0 Å². The van der Waals surface area contributed by atoms with Gasteiger partial charge in [-0.15, -0.1) is 0 Å². The smallest absolute Gasteiger partial charge is 0.300 e. The van der Waals surface area contributed by atoms with Gasteiger partial charge < -0.3 is 15.3 Å². The first kappa shape index (κ1) is 17.0. The maximum absolute atomic E-state index is 11.1. The molecule has 0 fully saturated rings. The molecule has 1 unspecified atom stereocenters. The predicted molar refractivity (Wildman–Crippen MR) is 64.3 cm³/mol. The highest BCUT2D eigenvalue weighted by Crippen LogP contribution is 1.90. The Morgan fingerprint density at radius 1 is 1.38 bits per heavy atom. The van der Waals surface area contributed by atoms with Crippen LogP contribution in [-0.2, 0) is 9.59 Å². The Morgan fingerprint density at radius 2 is 1.75 bits per heavy atom. The molecule has 0 aromatic heterocycles. The third kappa shape index (κ3) is 15.1. The van der Waals surface area contributed by atoms with Crippen LogP contribution in [0.5, 0.6) is 0 Å². The monoisotopic (exact) mass is 230 g/mol. The fourth-order valence-corrected chi connectivity index (χ4v) is 0.940. The van der Waals surface area contributed by atoms with E-state index in [-0.39, 0.29) is 11.9 Å². The number of aliphatic carboxylic acids is 1. The van der Waals surface area contributed by atoms with E-state index in [9.17, 15) is 4.79 Å². The van der Waals surface area contributed by atoms with Crippen molar-refractivity contribution in [3.05, 3.63) is 12.2 Å². The second-order valence-electron chi connectivity index (χ2n) is 3.94. The number of carboxylic acid groups (broad SMARTS) is 1. The Labute approximate surface area is 97.1 Å². The summed E-state index contributed by atoms with van der Waals surface area (Å²) in [6.07, 6.45) is 0. The lowest BCUT2D eigenvalue weighted by Crippen LogP contribution is -2.39. The molecule has 16 heavy (non-hydrogen) atoms. The van der Waals surface area contributed by atoms with Crippen molar-refractivity contribution in [2.24, 2.45) is 0 Å². The average molecular weight is 230 g/mol. The van der Waals surface area contributed by atoms with Gasteiger partial charge in [0.05, 0.1) is 0 Å². The minimum absolute atomic E-state index is 0.0654. The molecule has 0 heterocycles. The maximum Gasteiger partial charge on any atom is 0.300 e. The standard InChI is InChI=1S/C9H18N2O.C2H4O2/c1-7(2)9(12)10-8(3)6-11(4)5;1-2(3)4/h8H,1,6H2,2-5H3,(H,10,12);1H3,(H,3,4). The van der Waals surface area contributed by atoms with Crippen molar-refractivity contribution in [2.75, 3.05) is 20.6 Å². The minimum atomic E-state index is -0.833. The lowest BCUT2D eigenvalue weighted by atomic mass is 10.2. The molecule has 0 aliphatic carbocycles.